The summed E-state index contributed by atoms with van der Waals surface area (Å²) in [5, 5.41) is 3.06. The Labute approximate surface area is 177 Å². The SMILES string of the molecule is CC(NC(=O)C(=O)N1CCN(C(=O)c2ccco2)CC1)C12CC3CC(CC(C3)C1)C2. The number of nitrogens with zero attached hydrogens (tertiary/aromatic N) is 2. The summed E-state index contributed by atoms with van der Waals surface area (Å²) in [6, 6.07) is 3.35. The van der Waals surface area contributed by atoms with E-state index in [1.54, 1.807) is 21.9 Å². The molecule has 0 aromatic carbocycles. The Bertz CT molecular complexity index is 790. The van der Waals surface area contributed by atoms with E-state index in [1.807, 2.05) is 0 Å². The van der Waals surface area contributed by atoms with Crippen LogP contribution >= 0.6 is 0 Å². The van der Waals surface area contributed by atoms with Crippen molar-refractivity contribution >= 4 is 17.7 Å². The van der Waals surface area contributed by atoms with Gasteiger partial charge in [-0.05, 0) is 80.8 Å². The first-order valence-corrected chi connectivity index (χ1v) is 11.4. The zero-order valence-corrected chi connectivity index (χ0v) is 17.6. The van der Waals surface area contributed by atoms with Gasteiger partial charge in [-0.3, -0.25) is 14.4 Å². The van der Waals surface area contributed by atoms with Gasteiger partial charge in [0.15, 0.2) is 5.76 Å². The molecule has 1 atom stereocenters. The van der Waals surface area contributed by atoms with Gasteiger partial charge in [0.2, 0.25) is 0 Å². The molecule has 0 radical (unpaired) electrons. The van der Waals surface area contributed by atoms with Crippen molar-refractivity contribution in [3.63, 3.8) is 0 Å². The van der Waals surface area contributed by atoms with Crippen LogP contribution in [0.1, 0.15) is 56.0 Å². The van der Waals surface area contributed by atoms with Gasteiger partial charge in [-0.2, -0.15) is 0 Å². The second-order valence-corrected chi connectivity index (χ2v) is 10.0. The molecule has 5 fully saturated rings. The standard InChI is InChI=1S/C23H31N3O4/c1-15(23-12-16-9-17(13-23)11-18(10-16)14-23)24-20(27)22(29)26-6-4-25(5-7-26)21(28)19-3-2-8-30-19/h2-3,8,15-18H,4-7,9-14H2,1H3,(H,24,27). The minimum Gasteiger partial charge on any atom is -0.459 e. The van der Waals surface area contributed by atoms with Crippen LogP contribution in [0.5, 0.6) is 0 Å². The maximum absolute atomic E-state index is 12.8. The Morgan fingerprint density at radius 3 is 2.10 bits per heavy atom. The van der Waals surface area contributed by atoms with E-state index in [9.17, 15) is 14.4 Å². The molecule has 4 aliphatic carbocycles. The van der Waals surface area contributed by atoms with E-state index in [0.29, 0.717) is 31.9 Å². The summed E-state index contributed by atoms with van der Waals surface area (Å²) in [6.45, 7) is 3.64. The number of carbonyl (C=O) groups is 3. The zero-order valence-electron chi connectivity index (χ0n) is 17.6. The van der Waals surface area contributed by atoms with Crippen molar-refractivity contribution in [2.24, 2.45) is 23.2 Å². The molecule has 7 heteroatoms. The predicted molar refractivity (Wildman–Crippen MR) is 109 cm³/mol. The van der Waals surface area contributed by atoms with Crippen LogP contribution < -0.4 is 5.32 Å². The number of amides is 3. The van der Waals surface area contributed by atoms with Crippen molar-refractivity contribution < 1.29 is 18.8 Å². The van der Waals surface area contributed by atoms with Gasteiger partial charge in [0.25, 0.3) is 5.91 Å². The lowest BCUT2D eigenvalue weighted by atomic mass is 9.48. The fourth-order valence-electron chi connectivity index (χ4n) is 6.93. The molecule has 3 amide bonds. The van der Waals surface area contributed by atoms with Crippen molar-refractivity contribution in [2.45, 2.75) is 51.5 Å². The minimum absolute atomic E-state index is 0.0316. The average Bonchev–Trinajstić information content (AvgIpc) is 3.26. The molecular formula is C23H31N3O4. The molecule has 6 rings (SSSR count). The summed E-state index contributed by atoms with van der Waals surface area (Å²) in [5.41, 5.74) is 0.179. The third-order valence-corrected chi connectivity index (χ3v) is 8.13. The molecule has 30 heavy (non-hydrogen) atoms. The van der Waals surface area contributed by atoms with E-state index in [0.717, 1.165) is 17.8 Å². The molecule has 7 nitrogen and oxygen atoms in total. The van der Waals surface area contributed by atoms with Gasteiger partial charge in [0.1, 0.15) is 0 Å². The second-order valence-electron chi connectivity index (χ2n) is 10.0. The summed E-state index contributed by atoms with van der Waals surface area (Å²) in [6.07, 6.45) is 9.15. The Kier molecular flexibility index (Phi) is 4.86. The van der Waals surface area contributed by atoms with Gasteiger partial charge in [0.05, 0.1) is 6.26 Å². The first-order valence-electron chi connectivity index (χ1n) is 11.4. The molecule has 5 aliphatic rings. The summed E-state index contributed by atoms with van der Waals surface area (Å²) in [7, 11) is 0. The highest BCUT2D eigenvalue weighted by Crippen LogP contribution is 2.61. The number of rotatable bonds is 3. The lowest BCUT2D eigenvalue weighted by molar-refractivity contribution is -0.148. The highest BCUT2D eigenvalue weighted by Gasteiger charge is 2.53. The Hall–Kier alpha value is -2.31. The first-order chi connectivity index (χ1) is 14.4. The maximum Gasteiger partial charge on any atom is 0.312 e. The summed E-state index contributed by atoms with van der Waals surface area (Å²) < 4.78 is 5.17. The van der Waals surface area contributed by atoms with E-state index < -0.39 is 11.8 Å². The van der Waals surface area contributed by atoms with Gasteiger partial charge < -0.3 is 19.5 Å². The summed E-state index contributed by atoms with van der Waals surface area (Å²) in [5.74, 6) is 1.59. The van der Waals surface area contributed by atoms with Crippen LogP contribution in [-0.2, 0) is 9.59 Å². The highest BCUT2D eigenvalue weighted by atomic mass is 16.3. The summed E-state index contributed by atoms with van der Waals surface area (Å²) >= 11 is 0. The Balaban J connectivity index is 1.15. The monoisotopic (exact) mass is 413 g/mol. The molecule has 4 saturated carbocycles. The molecule has 2 heterocycles. The van der Waals surface area contributed by atoms with Crippen LogP contribution in [0.25, 0.3) is 0 Å². The number of carbonyl (C=O) groups excluding carboxylic acids is 3. The largest absolute Gasteiger partial charge is 0.459 e. The maximum atomic E-state index is 12.8. The van der Waals surface area contributed by atoms with Crippen molar-refractivity contribution in [3.8, 4) is 0 Å². The van der Waals surface area contributed by atoms with Crippen molar-refractivity contribution in [2.75, 3.05) is 26.2 Å². The van der Waals surface area contributed by atoms with Crippen LogP contribution in [0.3, 0.4) is 0 Å². The fraction of sp³-hybridized carbons (Fsp3) is 0.696. The third-order valence-electron chi connectivity index (χ3n) is 8.13. The molecule has 1 saturated heterocycles. The Morgan fingerprint density at radius 2 is 1.57 bits per heavy atom. The first kappa shape index (κ1) is 19.6. The molecule has 0 spiro atoms. The van der Waals surface area contributed by atoms with Gasteiger partial charge in [0, 0.05) is 32.2 Å². The van der Waals surface area contributed by atoms with Gasteiger partial charge in [-0.1, -0.05) is 0 Å². The number of piperazine rings is 1. The average molecular weight is 414 g/mol. The predicted octanol–water partition coefficient (Wildman–Crippen LogP) is 2.29. The zero-order chi connectivity index (χ0) is 20.9. The van der Waals surface area contributed by atoms with Crippen LogP contribution in [0.15, 0.2) is 22.8 Å². The van der Waals surface area contributed by atoms with E-state index in [-0.39, 0.29) is 17.4 Å². The van der Waals surface area contributed by atoms with E-state index in [2.05, 4.69) is 12.2 Å². The fourth-order valence-corrected chi connectivity index (χ4v) is 6.93. The van der Waals surface area contributed by atoms with Crippen LogP contribution in [0.4, 0.5) is 0 Å². The molecule has 4 bridgehead atoms. The molecule has 1 aromatic rings. The van der Waals surface area contributed by atoms with Gasteiger partial charge in [-0.15, -0.1) is 0 Å². The lowest BCUT2D eigenvalue weighted by Crippen LogP contribution is -2.59. The molecule has 162 valence electrons. The number of hydrogen-bond donors (Lipinski definition) is 1. The van der Waals surface area contributed by atoms with Crippen molar-refractivity contribution in [3.05, 3.63) is 24.2 Å². The molecule has 1 aromatic heterocycles. The van der Waals surface area contributed by atoms with E-state index in [4.69, 9.17) is 4.42 Å². The smallest absolute Gasteiger partial charge is 0.312 e. The number of nitrogens with one attached hydrogen (secondary N) is 1. The molecular weight excluding hydrogens is 382 g/mol. The quantitative estimate of drug-likeness (QED) is 0.771. The number of furan rings is 1. The Morgan fingerprint density at radius 1 is 1.00 bits per heavy atom. The molecule has 1 aliphatic heterocycles. The summed E-state index contributed by atoms with van der Waals surface area (Å²) in [4.78, 5) is 41.1. The van der Waals surface area contributed by atoms with Crippen LogP contribution in [0, 0.1) is 23.2 Å². The highest BCUT2D eigenvalue weighted by molar-refractivity contribution is 6.35. The normalized spacial score (nSPS) is 33.4. The van der Waals surface area contributed by atoms with Crippen molar-refractivity contribution in [1.82, 2.24) is 15.1 Å². The number of hydrogen-bond acceptors (Lipinski definition) is 4. The lowest BCUT2D eigenvalue weighted by Gasteiger charge is -2.59. The topological polar surface area (TPSA) is 82.9 Å². The van der Waals surface area contributed by atoms with Gasteiger partial charge in [-0.25, -0.2) is 0 Å². The molecule has 1 unspecified atom stereocenters. The second kappa shape index (κ2) is 7.43. The van der Waals surface area contributed by atoms with Crippen molar-refractivity contribution in [1.29, 1.82) is 0 Å². The van der Waals surface area contributed by atoms with Crippen LogP contribution in [0.2, 0.25) is 0 Å². The van der Waals surface area contributed by atoms with Crippen LogP contribution in [-0.4, -0.2) is 59.7 Å². The van der Waals surface area contributed by atoms with E-state index in [1.165, 1.54) is 44.8 Å². The molecule has 1 N–H and O–H groups in total. The third kappa shape index (κ3) is 3.42. The van der Waals surface area contributed by atoms with Gasteiger partial charge >= 0.3 is 11.8 Å². The minimum atomic E-state index is -0.496. The van der Waals surface area contributed by atoms with E-state index >= 15 is 0 Å².